The first-order valence-electron chi connectivity index (χ1n) is 8.67. The molecule has 4 rings (SSSR count). The monoisotopic (exact) mass is 355 g/mol. The van der Waals surface area contributed by atoms with Crippen LogP contribution in [0, 0.1) is 6.92 Å². The van der Waals surface area contributed by atoms with Crippen molar-refractivity contribution >= 4 is 16.9 Å². The van der Waals surface area contributed by atoms with Gasteiger partial charge in [-0.05, 0) is 26.0 Å². The Morgan fingerprint density at radius 3 is 3.15 bits per heavy atom. The Labute approximate surface area is 150 Å². The lowest BCUT2D eigenvalue weighted by molar-refractivity contribution is 0.0905. The third-order valence-corrected chi connectivity index (χ3v) is 4.44. The van der Waals surface area contributed by atoms with Crippen molar-refractivity contribution in [3.63, 3.8) is 0 Å². The number of rotatable bonds is 5. The van der Waals surface area contributed by atoms with Crippen LogP contribution in [0.1, 0.15) is 23.1 Å². The first-order valence-corrected chi connectivity index (χ1v) is 8.67. The van der Waals surface area contributed by atoms with Gasteiger partial charge in [-0.15, -0.1) is 0 Å². The number of fused-ring (bicyclic) bond motifs is 1. The third kappa shape index (κ3) is 3.15. The second-order valence-electron chi connectivity index (χ2n) is 6.33. The molecule has 26 heavy (non-hydrogen) atoms. The maximum Gasteiger partial charge on any atom is 0.253 e. The molecule has 2 atom stereocenters. The standard InChI is InChI=1S/C18H21N5O3/c1-3-23-8-12(7-19-23)26-16-10-25-9-15(16)22-18(24)13-5-4-6-14-17(13)21-11(2)20-14/h4-8,15-16H,3,9-10H2,1-2H3,(H,20,21)(H,22,24)/t15-,16+/m0/s1. The van der Waals surface area contributed by atoms with Gasteiger partial charge in [0.25, 0.3) is 5.91 Å². The SMILES string of the molecule is CCn1cc(O[C@@H]2COC[C@@H]2NC(=O)c2cccc3[nH]c(C)nc23)cn1. The van der Waals surface area contributed by atoms with Crippen molar-refractivity contribution in [2.45, 2.75) is 32.5 Å². The zero-order valence-corrected chi connectivity index (χ0v) is 14.7. The summed E-state index contributed by atoms with van der Waals surface area (Å²) in [7, 11) is 0. The summed E-state index contributed by atoms with van der Waals surface area (Å²) in [6, 6.07) is 5.28. The Balaban J connectivity index is 1.49. The Kier molecular flexibility index (Phi) is 4.34. The van der Waals surface area contributed by atoms with E-state index in [4.69, 9.17) is 9.47 Å². The van der Waals surface area contributed by atoms with E-state index in [0.717, 1.165) is 17.9 Å². The van der Waals surface area contributed by atoms with Gasteiger partial charge in [-0.25, -0.2) is 4.98 Å². The van der Waals surface area contributed by atoms with Crippen molar-refractivity contribution in [1.29, 1.82) is 0 Å². The summed E-state index contributed by atoms with van der Waals surface area (Å²) in [6.07, 6.45) is 3.26. The molecule has 0 bridgehead atoms. The molecule has 1 fully saturated rings. The van der Waals surface area contributed by atoms with Crippen LogP contribution < -0.4 is 10.1 Å². The molecule has 3 aromatic rings. The number of ether oxygens (including phenoxy) is 2. The maximum absolute atomic E-state index is 12.8. The number of nitrogens with one attached hydrogen (secondary N) is 2. The van der Waals surface area contributed by atoms with Crippen LogP contribution in [0.15, 0.2) is 30.6 Å². The van der Waals surface area contributed by atoms with Gasteiger partial charge in [0.05, 0.1) is 42.7 Å². The van der Waals surface area contributed by atoms with Gasteiger partial charge in [0.15, 0.2) is 5.75 Å². The number of aryl methyl sites for hydroxylation is 2. The van der Waals surface area contributed by atoms with Gasteiger partial charge in [-0.3, -0.25) is 9.48 Å². The molecule has 8 heteroatoms. The van der Waals surface area contributed by atoms with Crippen molar-refractivity contribution in [1.82, 2.24) is 25.1 Å². The Morgan fingerprint density at radius 2 is 2.35 bits per heavy atom. The lowest BCUT2D eigenvalue weighted by atomic mass is 10.1. The van der Waals surface area contributed by atoms with E-state index >= 15 is 0 Å². The first kappa shape index (κ1) is 16.6. The third-order valence-electron chi connectivity index (χ3n) is 4.44. The number of H-pyrrole nitrogens is 1. The average molecular weight is 355 g/mol. The van der Waals surface area contributed by atoms with E-state index in [1.807, 2.05) is 32.2 Å². The topological polar surface area (TPSA) is 94.1 Å². The lowest BCUT2D eigenvalue weighted by Gasteiger charge is -2.19. The average Bonchev–Trinajstić information content (AvgIpc) is 3.34. The fraction of sp³-hybridized carbons (Fsp3) is 0.389. The van der Waals surface area contributed by atoms with Gasteiger partial charge in [0.1, 0.15) is 17.4 Å². The minimum absolute atomic E-state index is 0.185. The van der Waals surface area contributed by atoms with Crippen LogP contribution in [-0.4, -0.2) is 51.0 Å². The van der Waals surface area contributed by atoms with Crippen LogP contribution in [0.2, 0.25) is 0 Å². The van der Waals surface area contributed by atoms with Gasteiger partial charge < -0.3 is 19.8 Å². The molecule has 1 amide bonds. The van der Waals surface area contributed by atoms with E-state index in [0.29, 0.717) is 30.0 Å². The van der Waals surface area contributed by atoms with Gasteiger partial charge in [0.2, 0.25) is 0 Å². The summed E-state index contributed by atoms with van der Waals surface area (Å²) >= 11 is 0. The highest BCUT2D eigenvalue weighted by Crippen LogP contribution is 2.19. The van der Waals surface area contributed by atoms with Crippen LogP contribution in [-0.2, 0) is 11.3 Å². The number of hydrogen-bond donors (Lipinski definition) is 2. The molecule has 2 aromatic heterocycles. The second-order valence-corrected chi connectivity index (χ2v) is 6.33. The van der Waals surface area contributed by atoms with E-state index < -0.39 is 0 Å². The molecule has 1 aliphatic heterocycles. The Hall–Kier alpha value is -2.87. The van der Waals surface area contributed by atoms with Crippen LogP contribution in [0.25, 0.3) is 11.0 Å². The fourth-order valence-electron chi connectivity index (χ4n) is 3.12. The largest absolute Gasteiger partial charge is 0.482 e. The molecule has 136 valence electrons. The van der Waals surface area contributed by atoms with Crippen molar-refractivity contribution in [2.24, 2.45) is 0 Å². The zero-order chi connectivity index (χ0) is 18.1. The minimum Gasteiger partial charge on any atom is -0.482 e. The summed E-state index contributed by atoms with van der Waals surface area (Å²) in [5.41, 5.74) is 2.05. The predicted octanol–water partition coefficient (Wildman–Crippen LogP) is 1.66. The Bertz CT molecular complexity index is 932. The molecule has 8 nitrogen and oxygen atoms in total. The fourth-order valence-corrected chi connectivity index (χ4v) is 3.12. The molecule has 0 aliphatic carbocycles. The van der Waals surface area contributed by atoms with Crippen molar-refractivity contribution < 1.29 is 14.3 Å². The number of aromatic nitrogens is 4. The molecular formula is C18H21N5O3. The molecule has 0 unspecified atom stereocenters. The molecule has 0 spiro atoms. The van der Waals surface area contributed by atoms with E-state index in [1.54, 1.807) is 16.9 Å². The van der Waals surface area contributed by atoms with Gasteiger partial charge >= 0.3 is 0 Å². The minimum atomic E-state index is -0.256. The van der Waals surface area contributed by atoms with Gasteiger partial charge in [-0.2, -0.15) is 5.10 Å². The summed E-state index contributed by atoms with van der Waals surface area (Å²) in [4.78, 5) is 20.3. The molecule has 1 aliphatic rings. The number of hydrogen-bond acceptors (Lipinski definition) is 5. The molecule has 1 aromatic carbocycles. The van der Waals surface area contributed by atoms with Crippen LogP contribution in [0.5, 0.6) is 5.75 Å². The number of benzene rings is 1. The molecular weight excluding hydrogens is 334 g/mol. The van der Waals surface area contributed by atoms with Crippen molar-refractivity contribution in [3.8, 4) is 5.75 Å². The number of amides is 1. The van der Waals surface area contributed by atoms with E-state index in [2.05, 4.69) is 20.4 Å². The van der Waals surface area contributed by atoms with E-state index in [9.17, 15) is 4.79 Å². The Morgan fingerprint density at radius 1 is 1.46 bits per heavy atom. The number of para-hydroxylation sites is 1. The number of aromatic amines is 1. The number of imidazole rings is 1. The number of nitrogens with zero attached hydrogens (tertiary/aromatic N) is 3. The van der Waals surface area contributed by atoms with Crippen LogP contribution in [0.3, 0.4) is 0 Å². The normalized spacial score (nSPS) is 19.8. The molecule has 2 N–H and O–H groups in total. The number of carbonyl (C=O) groups excluding carboxylic acids is 1. The molecule has 0 radical (unpaired) electrons. The number of carbonyl (C=O) groups is 1. The van der Waals surface area contributed by atoms with Gasteiger partial charge in [0, 0.05) is 6.54 Å². The molecule has 1 saturated heterocycles. The lowest BCUT2D eigenvalue weighted by Crippen LogP contribution is -2.45. The quantitative estimate of drug-likeness (QED) is 0.726. The summed E-state index contributed by atoms with van der Waals surface area (Å²) in [5, 5.41) is 7.22. The van der Waals surface area contributed by atoms with Crippen LogP contribution in [0.4, 0.5) is 0 Å². The van der Waals surface area contributed by atoms with Crippen molar-refractivity contribution in [2.75, 3.05) is 13.2 Å². The van der Waals surface area contributed by atoms with Gasteiger partial charge in [-0.1, -0.05) is 6.07 Å². The smallest absolute Gasteiger partial charge is 0.253 e. The first-order chi connectivity index (χ1) is 12.6. The highest BCUT2D eigenvalue weighted by Gasteiger charge is 2.32. The van der Waals surface area contributed by atoms with Crippen molar-refractivity contribution in [3.05, 3.63) is 42.0 Å². The summed E-state index contributed by atoms with van der Waals surface area (Å²) < 4.78 is 13.3. The highest BCUT2D eigenvalue weighted by molar-refractivity contribution is 6.05. The summed E-state index contributed by atoms with van der Waals surface area (Å²) in [5.74, 6) is 1.26. The van der Waals surface area contributed by atoms with Crippen LogP contribution >= 0.6 is 0 Å². The van der Waals surface area contributed by atoms with E-state index in [-0.39, 0.29) is 18.1 Å². The second kappa shape index (κ2) is 6.80. The summed E-state index contributed by atoms with van der Waals surface area (Å²) in [6.45, 7) is 5.49. The highest BCUT2D eigenvalue weighted by atomic mass is 16.5. The zero-order valence-electron chi connectivity index (χ0n) is 14.7. The molecule has 0 saturated carbocycles. The molecule has 3 heterocycles. The maximum atomic E-state index is 12.8. The predicted molar refractivity (Wildman–Crippen MR) is 95.2 cm³/mol. The van der Waals surface area contributed by atoms with E-state index in [1.165, 1.54) is 0 Å².